The minimum atomic E-state index is -4.93. The summed E-state index contributed by atoms with van der Waals surface area (Å²) in [7, 11) is -2.41. The number of likely N-dealkylation sites (tertiary alicyclic amines) is 1. The van der Waals surface area contributed by atoms with Crippen molar-refractivity contribution in [1.82, 2.24) is 19.4 Å². The molecule has 0 spiro atoms. The number of hydrogen-bond donors (Lipinski definition) is 2. The molecule has 2 N–H and O–H groups in total. The number of benzene rings is 2. The zero-order valence-electron chi connectivity index (χ0n) is 22.5. The molecule has 0 saturated carbocycles. The molecule has 2 aromatic carbocycles. The topological polar surface area (TPSA) is 133 Å². The van der Waals surface area contributed by atoms with E-state index in [1.807, 2.05) is 0 Å². The highest BCUT2D eigenvalue weighted by Crippen LogP contribution is 2.39. The summed E-state index contributed by atoms with van der Waals surface area (Å²) >= 11 is 12.5. The normalized spacial score (nSPS) is 16.6. The summed E-state index contributed by atoms with van der Waals surface area (Å²) in [6, 6.07) is 4.02. The fourth-order valence-electron chi connectivity index (χ4n) is 5.12. The predicted octanol–water partition coefficient (Wildman–Crippen LogP) is 4.43. The van der Waals surface area contributed by atoms with Gasteiger partial charge < -0.3 is 15.0 Å². The highest BCUT2D eigenvalue weighted by molar-refractivity contribution is 7.91. The third-order valence-electron chi connectivity index (χ3n) is 7.40. The predicted molar refractivity (Wildman–Crippen MR) is 151 cm³/mol. The van der Waals surface area contributed by atoms with Crippen LogP contribution in [0.1, 0.15) is 36.5 Å². The van der Waals surface area contributed by atoms with Gasteiger partial charge >= 0.3 is 18.0 Å². The summed E-state index contributed by atoms with van der Waals surface area (Å²) in [6.07, 6.45) is -5.01. The number of hydrogen-bond acceptors (Lipinski definition) is 6. The molecule has 42 heavy (non-hydrogen) atoms. The smallest absolute Gasteiger partial charge is 0.416 e. The van der Waals surface area contributed by atoms with Gasteiger partial charge in [-0.1, -0.05) is 30.1 Å². The lowest BCUT2D eigenvalue weighted by molar-refractivity contribution is -0.138. The van der Waals surface area contributed by atoms with E-state index in [-0.39, 0.29) is 45.4 Å². The Morgan fingerprint density at radius 2 is 1.88 bits per heavy atom. The van der Waals surface area contributed by atoms with E-state index in [2.05, 4.69) is 4.98 Å². The van der Waals surface area contributed by atoms with E-state index >= 15 is 0 Å². The quantitative estimate of drug-likeness (QED) is 0.386. The lowest BCUT2D eigenvalue weighted by atomic mass is 10.00. The number of carbonyl (C=O) groups is 1. The number of aromatic nitrogens is 2. The summed E-state index contributed by atoms with van der Waals surface area (Å²) in [6.45, 7) is 1.08. The Morgan fingerprint density at radius 3 is 2.50 bits per heavy atom. The summed E-state index contributed by atoms with van der Waals surface area (Å²) in [5, 5.41) is 8.46. The van der Waals surface area contributed by atoms with Gasteiger partial charge in [-0.3, -0.25) is 14.3 Å². The lowest BCUT2D eigenvalue weighted by Crippen LogP contribution is -2.48. The van der Waals surface area contributed by atoms with Gasteiger partial charge in [0.1, 0.15) is 0 Å². The first kappa shape index (κ1) is 31.9. The molecule has 2 heterocycles. The molecule has 1 atom stereocenters. The number of nitrogens with one attached hydrogen (secondary N) is 1. The molecule has 4 rings (SSSR count). The van der Waals surface area contributed by atoms with Crippen molar-refractivity contribution >= 4 is 50.0 Å². The van der Waals surface area contributed by atoms with Crippen molar-refractivity contribution in [1.29, 1.82) is 0 Å². The Balaban J connectivity index is 1.83. The van der Waals surface area contributed by atoms with Crippen LogP contribution in [-0.2, 0) is 29.1 Å². The number of alkyl halides is 3. The van der Waals surface area contributed by atoms with Gasteiger partial charge in [-0.2, -0.15) is 13.2 Å². The van der Waals surface area contributed by atoms with Crippen LogP contribution in [0.25, 0.3) is 10.9 Å². The number of carboxylic acid groups (broad SMARTS) is 1. The number of likely N-dealkylation sites (N-methyl/N-ethyl adjacent to an activating group) is 1. The van der Waals surface area contributed by atoms with Crippen LogP contribution in [0, 0.1) is 0 Å². The van der Waals surface area contributed by atoms with Crippen LogP contribution in [-0.4, -0.2) is 70.9 Å². The Kier molecular flexibility index (Phi) is 9.03. The van der Waals surface area contributed by atoms with Crippen LogP contribution >= 0.6 is 23.2 Å². The van der Waals surface area contributed by atoms with E-state index in [1.165, 1.54) is 32.2 Å². The second-order valence-electron chi connectivity index (χ2n) is 10.0. The van der Waals surface area contributed by atoms with Crippen molar-refractivity contribution < 1.29 is 31.5 Å². The number of piperidine rings is 1. The standard InChI is InChI=1S/C26H27Cl2F3N4O6S/c1-3-42(40,41)20-7-6-15(27)9-14(20)11-35-23(36)17-10-19(26(29,30)31)18(21(28)22(17)32-24(35)37)13-34-8-4-5-16(12-34)33(2)25(38)39/h6-7,9-10,16H,3-5,8,11-13H2,1-2H3,(H,32,37)(H,38,39). The van der Waals surface area contributed by atoms with Gasteiger partial charge in [0.15, 0.2) is 9.84 Å². The number of rotatable bonds is 7. The first-order valence-corrected chi connectivity index (χ1v) is 15.2. The number of amides is 1. The number of nitrogens with zero attached hydrogens (tertiary/aromatic N) is 3. The molecule has 1 aliphatic heterocycles. The highest BCUT2D eigenvalue weighted by Gasteiger charge is 2.37. The lowest BCUT2D eigenvalue weighted by Gasteiger charge is -2.37. The van der Waals surface area contributed by atoms with Crippen molar-refractivity contribution in [3.05, 3.63) is 71.8 Å². The molecule has 0 bridgehead atoms. The molecule has 1 amide bonds. The number of halogens is 5. The fourth-order valence-corrected chi connectivity index (χ4v) is 6.73. The van der Waals surface area contributed by atoms with E-state index in [1.54, 1.807) is 4.90 Å². The van der Waals surface area contributed by atoms with Crippen molar-refractivity contribution in [3.63, 3.8) is 0 Å². The molecule has 1 unspecified atom stereocenters. The number of sulfone groups is 1. The molecule has 0 aliphatic carbocycles. The molecule has 10 nitrogen and oxygen atoms in total. The average Bonchev–Trinajstić information content (AvgIpc) is 2.91. The summed E-state index contributed by atoms with van der Waals surface area (Å²) < 4.78 is 68.8. The Hall–Kier alpha value is -3.07. The van der Waals surface area contributed by atoms with E-state index in [4.69, 9.17) is 23.2 Å². The fraction of sp³-hybridized carbons (Fsp3) is 0.423. The van der Waals surface area contributed by atoms with Gasteiger partial charge in [0.2, 0.25) is 0 Å². The molecule has 1 saturated heterocycles. The Bertz CT molecular complexity index is 1770. The number of H-pyrrole nitrogens is 1. The number of fused-ring (bicyclic) bond motifs is 1. The monoisotopic (exact) mass is 650 g/mol. The molecule has 3 aromatic rings. The third-order valence-corrected chi connectivity index (χ3v) is 9.88. The van der Waals surface area contributed by atoms with Crippen molar-refractivity contribution in [2.45, 2.75) is 50.0 Å². The molecule has 16 heteroatoms. The van der Waals surface area contributed by atoms with E-state index in [9.17, 15) is 41.1 Å². The van der Waals surface area contributed by atoms with Crippen LogP contribution in [0.15, 0.2) is 38.8 Å². The first-order chi connectivity index (χ1) is 19.5. The van der Waals surface area contributed by atoms with E-state index in [0.29, 0.717) is 30.0 Å². The van der Waals surface area contributed by atoms with Crippen LogP contribution in [0.5, 0.6) is 0 Å². The first-order valence-electron chi connectivity index (χ1n) is 12.8. The van der Waals surface area contributed by atoms with Crippen LogP contribution in [0.2, 0.25) is 10.0 Å². The summed E-state index contributed by atoms with van der Waals surface area (Å²) in [5.74, 6) is -0.276. The van der Waals surface area contributed by atoms with Crippen molar-refractivity contribution in [2.75, 3.05) is 25.9 Å². The summed E-state index contributed by atoms with van der Waals surface area (Å²) in [4.78, 5) is 42.9. The SMILES string of the molecule is CCS(=O)(=O)c1ccc(Cl)cc1Cn1c(=O)[nH]c2c(Cl)c(CN3CCCC(N(C)C(=O)O)C3)c(C(F)(F)F)cc2c1=O. The average molecular weight is 651 g/mol. The summed E-state index contributed by atoms with van der Waals surface area (Å²) in [5.41, 5.74) is -3.94. The van der Waals surface area contributed by atoms with Crippen LogP contribution in [0.3, 0.4) is 0 Å². The zero-order valence-corrected chi connectivity index (χ0v) is 24.8. The molecule has 0 radical (unpaired) electrons. The molecule has 1 aromatic heterocycles. The highest BCUT2D eigenvalue weighted by atomic mass is 35.5. The maximum atomic E-state index is 14.3. The maximum absolute atomic E-state index is 14.3. The van der Waals surface area contributed by atoms with Gasteiger partial charge in [-0.15, -0.1) is 0 Å². The Morgan fingerprint density at radius 1 is 1.19 bits per heavy atom. The molecule has 1 fully saturated rings. The maximum Gasteiger partial charge on any atom is 0.416 e. The second kappa shape index (κ2) is 11.9. The van der Waals surface area contributed by atoms with Crippen molar-refractivity contribution in [3.8, 4) is 0 Å². The van der Waals surface area contributed by atoms with Gasteiger partial charge in [0, 0.05) is 31.2 Å². The van der Waals surface area contributed by atoms with E-state index in [0.717, 1.165) is 4.90 Å². The minimum absolute atomic E-state index is 0.0149. The van der Waals surface area contributed by atoms with Crippen molar-refractivity contribution in [2.24, 2.45) is 0 Å². The minimum Gasteiger partial charge on any atom is -0.465 e. The van der Waals surface area contributed by atoms with Crippen LogP contribution in [0.4, 0.5) is 18.0 Å². The van der Waals surface area contributed by atoms with Gasteiger partial charge in [0.25, 0.3) is 5.56 Å². The molecule has 1 aliphatic rings. The molecular weight excluding hydrogens is 624 g/mol. The van der Waals surface area contributed by atoms with Gasteiger partial charge in [0.05, 0.1) is 38.7 Å². The van der Waals surface area contributed by atoms with Crippen LogP contribution < -0.4 is 11.2 Å². The Labute approximate surface area is 248 Å². The van der Waals surface area contributed by atoms with Gasteiger partial charge in [-0.05, 0) is 54.8 Å². The number of aromatic amines is 1. The third kappa shape index (κ3) is 6.31. The molecule has 228 valence electrons. The zero-order chi connectivity index (χ0) is 31.1. The molecular formula is C26H27Cl2F3N4O6S. The van der Waals surface area contributed by atoms with E-state index < -0.39 is 61.9 Å². The van der Waals surface area contributed by atoms with Gasteiger partial charge in [-0.25, -0.2) is 18.0 Å². The second-order valence-corrected chi connectivity index (χ2v) is 13.1. The largest absolute Gasteiger partial charge is 0.465 e.